The lowest BCUT2D eigenvalue weighted by Gasteiger charge is -2.18. The van der Waals surface area contributed by atoms with Crippen LogP contribution >= 0.6 is 27.5 Å². The number of benzene rings is 1. The Morgan fingerprint density at radius 3 is 2.81 bits per heavy atom. The molecule has 8 heteroatoms. The molecule has 1 atom stereocenters. The molecule has 1 aromatic rings. The molecular formula is C13H14BrClFNO4. The molecule has 0 fully saturated rings. The number of rotatable bonds is 8. The summed E-state index contributed by atoms with van der Waals surface area (Å²) < 4.78 is 34.2. The molecule has 1 aromatic carbocycles. The van der Waals surface area contributed by atoms with Crippen molar-refractivity contribution in [1.29, 1.82) is 5.26 Å². The van der Waals surface area contributed by atoms with Crippen molar-refractivity contribution in [2.75, 3.05) is 27.1 Å². The van der Waals surface area contributed by atoms with Crippen molar-refractivity contribution >= 4 is 27.5 Å². The number of halogens is 3. The Morgan fingerprint density at radius 1 is 1.48 bits per heavy atom. The van der Waals surface area contributed by atoms with Gasteiger partial charge in [0.2, 0.25) is 0 Å². The van der Waals surface area contributed by atoms with Crippen LogP contribution in [-0.4, -0.2) is 33.4 Å². The van der Waals surface area contributed by atoms with Crippen LogP contribution in [0.3, 0.4) is 0 Å². The normalized spacial score (nSPS) is 12.0. The number of nitrogens with zero attached hydrogens (tertiary/aromatic N) is 1. The first-order valence-electron chi connectivity index (χ1n) is 5.93. The Labute approximate surface area is 135 Å². The van der Waals surface area contributed by atoms with Gasteiger partial charge in [0.25, 0.3) is 0 Å². The summed E-state index contributed by atoms with van der Waals surface area (Å²) in [7, 11) is 1.56. The number of hydrogen-bond donors (Lipinski definition) is 0. The number of nitriles is 1. The molecule has 0 aliphatic carbocycles. The van der Waals surface area contributed by atoms with Crippen LogP contribution in [0.1, 0.15) is 12.5 Å². The van der Waals surface area contributed by atoms with Crippen LogP contribution in [0.2, 0.25) is 5.02 Å². The second-order valence-corrected chi connectivity index (χ2v) is 5.05. The predicted octanol–water partition coefficient (Wildman–Crippen LogP) is 3.48. The van der Waals surface area contributed by atoms with E-state index in [1.807, 2.05) is 6.07 Å². The second kappa shape index (κ2) is 9.18. The first-order chi connectivity index (χ1) is 10.0. The van der Waals surface area contributed by atoms with Crippen LogP contribution in [0.5, 0.6) is 5.75 Å². The van der Waals surface area contributed by atoms with E-state index in [0.717, 1.165) is 0 Å². The second-order valence-electron chi connectivity index (χ2n) is 3.85. The van der Waals surface area contributed by atoms with Crippen LogP contribution in [0.25, 0.3) is 0 Å². The third-order valence-electron chi connectivity index (χ3n) is 2.34. The molecule has 0 aliphatic heterocycles. The maximum atomic E-state index is 13.7. The summed E-state index contributed by atoms with van der Waals surface area (Å²) in [6.45, 7) is 2.41. The standard InChI is InChI=1S/C13H14BrClFNO4/c1-8(20-7-19-4-3-18-2)21-13-9(6-17)5-10(15)12(16)11(13)14/h5,8H,3-4,7H2,1-2H3. The molecular weight excluding hydrogens is 369 g/mol. The average molecular weight is 383 g/mol. The topological polar surface area (TPSA) is 60.7 Å². The van der Waals surface area contributed by atoms with E-state index >= 15 is 0 Å². The highest BCUT2D eigenvalue weighted by Crippen LogP contribution is 2.36. The summed E-state index contributed by atoms with van der Waals surface area (Å²) in [5, 5.41) is 8.87. The molecule has 0 N–H and O–H groups in total. The molecule has 0 heterocycles. The summed E-state index contributed by atoms with van der Waals surface area (Å²) in [5.74, 6) is -0.669. The SMILES string of the molecule is COCCOCOC(C)Oc1c(C#N)cc(Cl)c(F)c1Br. The zero-order valence-electron chi connectivity index (χ0n) is 11.5. The zero-order chi connectivity index (χ0) is 15.8. The van der Waals surface area contributed by atoms with Gasteiger partial charge in [-0.05, 0) is 28.9 Å². The highest BCUT2D eigenvalue weighted by molar-refractivity contribution is 9.10. The van der Waals surface area contributed by atoms with Crippen molar-refractivity contribution in [2.45, 2.75) is 13.2 Å². The van der Waals surface area contributed by atoms with E-state index in [-0.39, 0.29) is 27.6 Å². The van der Waals surface area contributed by atoms with Crippen molar-refractivity contribution in [3.8, 4) is 11.8 Å². The van der Waals surface area contributed by atoms with E-state index in [1.165, 1.54) is 6.07 Å². The van der Waals surface area contributed by atoms with Gasteiger partial charge in [0.05, 0.1) is 28.3 Å². The van der Waals surface area contributed by atoms with E-state index in [4.69, 9.17) is 35.8 Å². The molecule has 0 bridgehead atoms. The molecule has 0 aliphatic rings. The van der Waals surface area contributed by atoms with Gasteiger partial charge >= 0.3 is 0 Å². The Kier molecular flexibility index (Phi) is 7.93. The monoisotopic (exact) mass is 381 g/mol. The molecule has 1 unspecified atom stereocenters. The van der Waals surface area contributed by atoms with E-state index in [0.29, 0.717) is 13.2 Å². The highest BCUT2D eigenvalue weighted by atomic mass is 79.9. The van der Waals surface area contributed by atoms with Crippen LogP contribution in [0, 0.1) is 17.1 Å². The smallest absolute Gasteiger partial charge is 0.199 e. The maximum absolute atomic E-state index is 13.7. The molecule has 0 spiro atoms. The Morgan fingerprint density at radius 2 is 2.19 bits per heavy atom. The molecule has 0 amide bonds. The summed E-state index contributed by atoms with van der Waals surface area (Å²) in [4.78, 5) is 0. The minimum absolute atomic E-state index is 0.0138. The fourth-order valence-electron chi connectivity index (χ4n) is 1.32. The third kappa shape index (κ3) is 5.41. The van der Waals surface area contributed by atoms with Crippen molar-refractivity contribution < 1.29 is 23.3 Å². The van der Waals surface area contributed by atoms with Crippen molar-refractivity contribution in [3.63, 3.8) is 0 Å². The van der Waals surface area contributed by atoms with Gasteiger partial charge < -0.3 is 18.9 Å². The van der Waals surface area contributed by atoms with Gasteiger partial charge in [0.15, 0.2) is 24.6 Å². The van der Waals surface area contributed by atoms with Crippen LogP contribution in [0.4, 0.5) is 4.39 Å². The lowest BCUT2D eigenvalue weighted by Crippen LogP contribution is -2.20. The predicted molar refractivity (Wildman–Crippen MR) is 77.7 cm³/mol. The van der Waals surface area contributed by atoms with E-state index in [1.54, 1.807) is 14.0 Å². The minimum atomic E-state index is -0.739. The lowest BCUT2D eigenvalue weighted by molar-refractivity contribution is -0.152. The molecule has 21 heavy (non-hydrogen) atoms. The summed E-state index contributed by atoms with van der Waals surface area (Å²) >= 11 is 8.68. The van der Waals surface area contributed by atoms with Gasteiger partial charge in [-0.15, -0.1) is 0 Å². The molecule has 1 rings (SSSR count). The van der Waals surface area contributed by atoms with Gasteiger partial charge in [-0.3, -0.25) is 0 Å². The molecule has 0 saturated heterocycles. The van der Waals surface area contributed by atoms with Gasteiger partial charge in [-0.2, -0.15) is 5.26 Å². The first kappa shape index (κ1) is 18.1. The van der Waals surface area contributed by atoms with Gasteiger partial charge in [-0.25, -0.2) is 4.39 Å². The summed E-state index contributed by atoms with van der Waals surface area (Å²) in [6, 6.07) is 3.08. The first-order valence-corrected chi connectivity index (χ1v) is 7.10. The number of ether oxygens (including phenoxy) is 4. The van der Waals surface area contributed by atoms with Crippen molar-refractivity contribution in [3.05, 3.63) is 26.9 Å². The Bertz CT molecular complexity index is 524. The van der Waals surface area contributed by atoms with Gasteiger partial charge in [-0.1, -0.05) is 11.6 Å². The number of hydrogen-bond acceptors (Lipinski definition) is 5. The molecule has 116 valence electrons. The third-order valence-corrected chi connectivity index (χ3v) is 3.32. The van der Waals surface area contributed by atoms with E-state index in [9.17, 15) is 4.39 Å². The largest absolute Gasteiger partial charge is 0.462 e. The van der Waals surface area contributed by atoms with Crippen LogP contribution in [0.15, 0.2) is 10.5 Å². The summed E-state index contributed by atoms with van der Waals surface area (Å²) in [6.07, 6.45) is -0.739. The molecule has 0 aromatic heterocycles. The van der Waals surface area contributed by atoms with E-state index in [2.05, 4.69) is 15.9 Å². The average Bonchev–Trinajstić information content (AvgIpc) is 2.47. The molecule has 0 saturated carbocycles. The fourth-order valence-corrected chi connectivity index (χ4v) is 2.16. The fraction of sp³-hybridized carbons (Fsp3) is 0.462. The zero-order valence-corrected chi connectivity index (χ0v) is 13.8. The van der Waals surface area contributed by atoms with Crippen molar-refractivity contribution in [2.24, 2.45) is 0 Å². The number of methoxy groups -OCH3 is 1. The summed E-state index contributed by atoms with van der Waals surface area (Å²) in [5.41, 5.74) is 0.101. The molecule has 5 nitrogen and oxygen atoms in total. The van der Waals surface area contributed by atoms with E-state index < -0.39 is 12.1 Å². The quantitative estimate of drug-likeness (QED) is 0.391. The Hall–Kier alpha value is -0.910. The maximum Gasteiger partial charge on any atom is 0.199 e. The lowest BCUT2D eigenvalue weighted by atomic mass is 10.2. The van der Waals surface area contributed by atoms with Gasteiger partial charge in [0, 0.05) is 7.11 Å². The highest BCUT2D eigenvalue weighted by Gasteiger charge is 2.19. The Balaban J connectivity index is 2.66. The minimum Gasteiger partial charge on any atom is -0.462 e. The van der Waals surface area contributed by atoms with Gasteiger partial charge in [0.1, 0.15) is 6.07 Å². The van der Waals surface area contributed by atoms with Crippen LogP contribution in [-0.2, 0) is 14.2 Å². The molecule has 0 radical (unpaired) electrons. The van der Waals surface area contributed by atoms with Crippen LogP contribution < -0.4 is 4.74 Å². The van der Waals surface area contributed by atoms with Crippen molar-refractivity contribution in [1.82, 2.24) is 0 Å².